The van der Waals surface area contributed by atoms with Crippen LogP contribution >= 0.6 is 11.8 Å². The fourth-order valence-electron chi connectivity index (χ4n) is 6.46. The van der Waals surface area contributed by atoms with E-state index in [0.29, 0.717) is 18.2 Å². The van der Waals surface area contributed by atoms with Crippen molar-refractivity contribution in [2.24, 2.45) is 11.8 Å². The van der Waals surface area contributed by atoms with Crippen molar-refractivity contribution in [3.63, 3.8) is 0 Å². The van der Waals surface area contributed by atoms with Crippen molar-refractivity contribution in [3.8, 4) is 0 Å². The van der Waals surface area contributed by atoms with Crippen LogP contribution in [0.25, 0.3) is 0 Å². The third kappa shape index (κ3) is 4.92. The molecule has 1 saturated carbocycles. The number of likely N-dealkylation sites (tertiary alicyclic amines) is 1. The normalized spacial score (nSPS) is 29.5. The van der Waals surface area contributed by atoms with E-state index >= 15 is 0 Å². The van der Waals surface area contributed by atoms with Crippen molar-refractivity contribution in [2.75, 3.05) is 20.7 Å². The SMILES string of the molecule is COC(=O)[C@@]12CCCN1[C@H](c1ccc(SC3CCCCC3)cc1)[C@H]1C(=O)N(C)C(=O)[C@H]12.O=C(O)C(F)(F)F. The first kappa shape index (κ1) is 28.4. The average molecular weight is 557 g/mol. The Morgan fingerprint density at radius 2 is 1.66 bits per heavy atom. The van der Waals surface area contributed by atoms with Crippen LogP contribution in [0.1, 0.15) is 56.6 Å². The maximum atomic E-state index is 13.1. The summed E-state index contributed by atoms with van der Waals surface area (Å²) in [5, 5.41) is 7.81. The number of imide groups is 1. The van der Waals surface area contributed by atoms with Gasteiger partial charge in [0.15, 0.2) is 0 Å². The van der Waals surface area contributed by atoms with E-state index in [1.54, 1.807) is 0 Å². The monoisotopic (exact) mass is 556 g/mol. The van der Waals surface area contributed by atoms with Gasteiger partial charge < -0.3 is 9.84 Å². The number of thioether (sulfide) groups is 1. The van der Waals surface area contributed by atoms with E-state index in [2.05, 4.69) is 29.2 Å². The van der Waals surface area contributed by atoms with Crippen molar-refractivity contribution < 1.29 is 42.2 Å². The van der Waals surface area contributed by atoms with Crippen LogP contribution in [-0.2, 0) is 23.9 Å². The van der Waals surface area contributed by atoms with Crippen LogP contribution in [-0.4, -0.2) is 76.3 Å². The van der Waals surface area contributed by atoms with Gasteiger partial charge in [-0.25, -0.2) is 4.79 Å². The zero-order valence-electron chi connectivity index (χ0n) is 21.2. The molecule has 5 rings (SSSR count). The highest BCUT2D eigenvalue weighted by atomic mass is 32.2. The van der Waals surface area contributed by atoms with Crippen molar-refractivity contribution >= 4 is 35.5 Å². The van der Waals surface area contributed by atoms with Gasteiger partial charge in [-0.15, -0.1) is 11.8 Å². The summed E-state index contributed by atoms with van der Waals surface area (Å²) in [6.07, 6.45) is 2.81. The Morgan fingerprint density at radius 1 is 1.05 bits per heavy atom. The zero-order chi connectivity index (χ0) is 27.8. The first-order valence-corrected chi connectivity index (χ1v) is 13.5. The van der Waals surface area contributed by atoms with E-state index in [0.717, 1.165) is 12.0 Å². The molecule has 0 spiro atoms. The molecule has 1 aromatic rings. The minimum atomic E-state index is -5.08. The van der Waals surface area contributed by atoms with Crippen LogP contribution in [0.2, 0.25) is 0 Å². The highest BCUT2D eigenvalue weighted by Gasteiger charge is 2.72. The smallest absolute Gasteiger partial charge is 0.475 e. The van der Waals surface area contributed by atoms with Crippen molar-refractivity contribution in [1.29, 1.82) is 0 Å². The minimum absolute atomic E-state index is 0.182. The van der Waals surface area contributed by atoms with Gasteiger partial charge in [-0.3, -0.25) is 24.2 Å². The number of esters is 1. The largest absolute Gasteiger partial charge is 0.490 e. The molecule has 2 amide bonds. The number of benzene rings is 1. The molecule has 0 aromatic heterocycles. The maximum absolute atomic E-state index is 13.1. The molecule has 4 atom stereocenters. The summed E-state index contributed by atoms with van der Waals surface area (Å²) in [6.45, 7) is 0.690. The van der Waals surface area contributed by atoms with Crippen LogP contribution < -0.4 is 0 Å². The molecule has 3 aliphatic heterocycles. The van der Waals surface area contributed by atoms with E-state index in [1.807, 2.05) is 11.8 Å². The summed E-state index contributed by atoms with van der Waals surface area (Å²) in [5.74, 6) is -4.77. The van der Waals surface area contributed by atoms with Gasteiger partial charge >= 0.3 is 18.1 Å². The highest BCUT2D eigenvalue weighted by Crippen LogP contribution is 2.59. The van der Waals surface area contributed by atoms with Gasteiger partial charge in [0.25, 0.3) is 0 Å². The summed E-state index contributed by atoms with van der Waals surface area (Å²) in [4.78, 5) is 52.7. The fraction of sp³-hybridized carbons (Fsp3) is 0.615. The molecule has 1 aliphatic carbocycles. The number of ether oxygens (including phenoxy) is 1. The Labute approximate surface area is 222 Å². The molecule has 4 aliphatic rings. The molecule has 4 fully saturated rings. The number of amides is 2. The number of rotatable bonds is 4. The molecule has 3 heterocycles. The third-order valence-corrected chi connectivity index (χ3v) is 9.44. The molecule has 1 N–H and O–H groups in total. The van der Waals surface area contributed by atoms with Crippen LogP contribution in [0, 0.1) is 11.8 Å². The Balaban J connectivity index is 0.000000426. The van der Waals surface area contributed by atoms with Gasteiger partial charge in [0.1, 0.15) is 5.54 Å². The predicted octanol–water partition coefficient (Wildman–Crippen LogP) is 4.04. The van der Waals surface area contributed by atoms with Crippen LogP contribution in [0.5, 0.6) is 0 Å². The molecule has 0 unspecified atom stereocenters. The minimum Gasteiger partial charge on any atom is -0.475 e. The summed E-state index contributed by atoms with van der Waals surface area (Å²) in [5.41, 5.74) is -0.0241. The van der Waals surface area contributed by atoms with E-state index in [1.165, 1.54) is 56.1 Å². The number of alkyl halides is 3. The van der Waals surface area contributed by atoms with Gasteiger partial charge in [-0.05, 0) is 49.9 Å². The second kappa shape index (κ2) is 10.9. The molecule has 12 heteroatoms. The number of fused-ring (bicyclic) bond motifs is 3. The molecule has 0 radical (unpaired) electrons. The van der Waals surface area contributed by atoms with Crippen LogP contribution in [0.4, 0.5) is 13.2 Å². The fourth-order valence-corrected chi connectivity index (χ4v) is 7.71. The number of carbonyl (C=O) groups excluding carboxylic acids is 3. The van der Waals surface area contributed by atoms with Crippen molar-refractivity contribution in [2.45, 2.75) is 72.8 Å². The molecule has 208 valence electrons. The molecular formula is C26H31F3N2O6S. The molecular weight excluding hydrogens is 525 g/mol. The predicted molar refractivity (Wildman–Crippen MR) is 131 cm³/mol. The summed E-state index contributed by atoms with van der Waals surface area (Å²) in [6, 6.07) is 8.19. The third-order valence-electron chi connectivity index (χ3n) is 8.09. The van der Waals surface area contributed by atoms with E-state index < -0.39 is 29.5 Å². The number of carboxylic acid groups (broad SMARTS) is 1. The quantitative estimate of drug-likeness (QED) is 0.438. The second-order valence-corrected chi connectivity index (χ2v) is 11.5. The number of hydrogen-bond acceptors (Lipinski definition) is 7. The summed E-state index contributed by atoms with van der Waals surface area (Å²) < 4.78 is 36.9. The number of carboxylic acids is 1. The zero-order valence-corrected chi connectivity index (χ0v) is 22.0. The Morgan fingerprint density at radius 3 is 2.21 bits per heavy atom. The number of halogens is 3. The Hall–Kier alpha value is -2.60. The van der Waals surface area contributed by atoms with Gasteiger partial charge in [-0.1, -0.05) is 31.4 Å². The van der Waals surface area contributed by atoms with Crippen LogP contribution in [0.3, 0.4) is 0 Å². The molecule has 0 bridgehead atoms. The maximum Gasteiger partial charge on any atom is 0.490 e. The topological polar surface area (TPSA) is 104 Å². The Kier molecular flexibility index (Phi) is 8.13. The lowest BCUT2D eigenvalue weighted by Crippen LogP contribution is -2.54. The van der Waals surface area contributed by atoms with E-state index in [-0.39, 0.29) is 23.8 Å². The van der Waals surface area contributed by atoms with Gasteiger partial charge in [0.05, 0.1) is 18.9 Å². The standard InChI is InChI=1S/C24H30N2O4S.C2HF3O2/c1-25-21(27)18-19(22(25)28)24(23(29)30-2)13-6-14-26(24)20(18)15-9-11-17(12-10-15)31-16-7-4-3-5-8-16;3-2(4,5)1(6)7/h9-12,16,18-20H,3-8,13-14H2,1-2H3;(H,6,7)/t18-,19-,20+,24-;/m0./s1. The Bertz CT molecular complexity index is 1090. The van der Waals surface area contributed by atoms with E-state index in [9.17, 15) is 27.6 Å². The lowest BCUT2D eigenvalue weighted by atomic mass is 9.77. The number of nitrogens with zero attached hydrogens (tertiary/aromatic N) is 2. The van der Waals surface area contributed by atoms with Gasteiger partial charge in [-0.2, -0.15) is 13.2 Å². The molecule has 8 nitrogen and oxygen atoms in total. The molecule has 38 heavy (non-hydrogen) atoms. The van der Waals surface area contributed by atoms with Crippen LogP contribution in [0.15, 0.2) is 29.2 Å². The van der Waals surface area contributed by atoms with Gasteiger partial charge in [0, 0.05) is 23.2 Å². The molecule has 1 aromatic carbocycles. The summed E-state index contributed by atoms with van der Waals surface area (Å²) >= 11 is 1.95. The lowest BCUT2D eigenvalue weighted by molar-refractivity contribution is -0.192. The first-order valence-electron chi connectivity index (χ1n) is 12.7. The number of methoxy groups -OCH3 is 1. The van der Waals surface area contributed by atoms with Crippen molar-refractivity contribution in [3.05, 3.63) is 29.8 Å². The summed E-state index contributed by atoms with van der Waals surface area (Å²) in [7, 11) is 2.91. The number of hydrogen-bond donors (Lipinski definition) is 1. The molecule has 3 saturated heterocycles. The number of carbonyl (C=O) groups is 4. The highest BCUT2D eigenvalue weighted by molar-refractivity contribution is 8.00. The second-order valence-electron chi connectivity index (χ2n) is 10.1. The number of aliphatic carboxylic acids is 1. The van der Waals surface area contributed by atoms with Crippen molar-refractivity contribution in [1.82, 2.24) is 9.80 Å². The van der Waals surface area contributed by atoms with E-state index in [4.69, 9.17) is 14.6 Å². The lowest BCUT2D eigenvalue weighted by Gasteiger charge is -2.35. The average Bonchev–Trinajstić information content (AvgIpc) is 3.50. The first-order chi connectivity index (χ1) is 17.9. The van der Waals surface area contributed by atoms with Gasteiger partial charge in [0.2, 0.25) is 11.8 Å².